The maximum Gasteiger partial charge on any atom is 0.191 e. The van der Waals surface area contributed by atoms with Crippen LogP contribution >= 0.6 is 35.7 Å². The molecule has 142 valence electrons. The van der Waals surface area contributed by atoms with E-state index in [1.54, 1.807) is 0 Å². The third kappa shape index (κ3) is 9.03. The van der Waals surface area contributed by atoms with Gasteiger partial charge in [-0.3, -0.25) is 4.99 Å². The predicted octanol–water partition coefficient (Wildman–Crippen LogP) is 4.21. The van der Waals surface area contributed by atoms with Gasteiger partial charge in [0.2, 0.25) is 0 Å². The van der Waals surface area contributed by atoms with Crippen molar-refractivity contribution in [3.8, 4) is 5.75 Å². The van der Waals surface area contributed by atoms with Crippen LogP contribution in [0, 0.1) is 12.8 Å². The second-order valence-electron chi connectivity index (χ2n) is 6.42. The summed E-state index contributed by atoms with van der Waals surface area (Å²) in [6, 6.07) is 6.42. The highest BCUT2D eigenvalue weighted by atomic mass is 127. The van der Waals surface area contributed by atoms with Gasteiger partial charge < -0.3 is 15.4 Å². The standard InChI is InChI=1S/C19H31N3OS.HI/c1-15-6-9-17(18(12-15)23-14-16-7-8-16)13-22-19(20-2)21-10-4-5-11-24-3;/h6,9,12,16H,4-5,7-8,10-11,13-14H2,1-3H3,(H2,20,21,22);1H. The van der Waals surface area contributed by atoms with Crippen molar-refractivity contribution < 1.29 is 4.74 Å². The van der Waals surface area contributed by atoms with Gasteiger partial charge in [0.25, 0.3) is 0 Å². The first-order valence-corrected chi connectivity index (χ1v) is 10.3. The Morgan fingerprint density at radius 1 is 1.28 bits per heavy atom. The monoisotopic (exact) mass is 477 g/mol. The Morgan fingerprint density at radius 3 is 2.76 bits per heavy atom. The second kappa shape index (κ2) is 12.7. The van der Waals surface area contributed by atoms with Crippen LogP contribution in [-0.4, -0.2) is 38.2 Å². The van der Waals surface area contributed by atoms with Gasteiger partial charge in [0.05, 0.1) is 6.61 Å². The fourth-order valence-corrected chi connectivity index (χ4v) is 2.90. The van der Waals surface area contributed by atoms with Crippen molar-refractivity contribution in [1.29, 1.82) is 0 Å². The molecule has 0 atom stereocenters. The summed E-state index contributed by atoms with van der Waals surface area (Å²) < 4.78 is 6.03. The highest BCUT2D eigenvalue weighted by Gasteiger charge is 2.22. The fraction of sp³-hybridized carbons (Fsp3) is 0.632. The molecule has 0 saturated heterocycles. The van der Waals surface area contributed by atoms with E-state index < -0.39 is 0 Å². The summed E-state index contributed by atoms with van der Waals surface area (Å²) in [6.45, 7) is 4.64. The van der Waals surface area contributed by atoms with Crippen molar-refractivity contribution in [2.45, 2.75) is 39.2 Å². The van der Waals surface area contributed by atoms with Gasteiger partial charge in [0.1, 0.15) is 5.75 Å². The van der Waals surface area contributed by atoms with E-state index in [4.69, 9.17) is 4.74 Å². The van der Waals surface area contributed by atoms with Crippen LogP contribution in [0.5, 0.6) is 5.75 Å². The van der Waals surface area contributed by atoms with Crippen LogP contribution in [0.1, 0.15) is 36.8 Å². The fourth-order valence-electron chi connectivity index (χ4n) is 2.41. The van der Waals surface area contributed by atoms with Gasteiger partial charge in [-0.2, -0.15) is 11.8 Å². The first-order valence-electron chi connectivity index (χ1n) is 8.88. The van der Waals surface area contributed by atoms with Gasteiger partial charge in [-0.05, 0) is 62.2 Å². The summed E-state index contributed by atoms with van der Waals surface area (Å²) in [4.78, 5) is 4.30. The molecule has 0 aliphatic heterocycles. The highest BCUT2D eigenvalue weighted by molar-refractivity contribution is 14.0. The van der Waals surface area contributed by atoms with Crippen LogP contribution in [0.25, 0.3) is 0 Å². The number of thioether (sulfide) groups is 1. The highest BCUT2D eigenvalue weighted by Crippen LogP contribution is 2.30. The number of nitrogens with one attached hydrogen (secondary N) is 2. The van der Waals surface area contributed by atoms with Crippen LogP contribution in [0.3, 0.4) is 0 Å². The van der Waals surface area contributed by atoms with Crippen LogP contribution < -0.4 is 15.4 Å². The smallest absolute Gasteiger partial charge is 0.191 e. The zero-order chi connectivity index (χ0) is 17.2. The van der Waals surface area contributed by atoms with E-state index in [0.29, 0.717) is 0 Å². The van der Waals surface area contributed by atoms with E-state index >= 15 is 0 Å². The quantitative estimate of drug-likeness (QED) is 0.229. The minimum Gasteiger partial charge on any atom is -0.493 e. The number of nitrogens with zero attached hydrogens (tertiary/aromatic N) is 1. The SMILES string of the molecule is CN=C(NCCCCSC)NCc1ccc(C)cc1OCC1CC1.I. The van der Waals surface area contributed by atoms with Crippen LogP contribution in [-0.2, 0) is 6.54 Å². The van der Waals surface area contributed by atoms with E-state index in [1.807, 2.05) is 18.8 Å². The molecule has 1 fully saturated rings. The number of aliphatic imine (C=N–C) groups is 1. The molecule has 2 N–H and O–H groups in total. The lowest BCUT2D eigenvalue weighted by atomic mass is 10.1. The van der Waals surface area contributed by atoms with E-state index in [2.05, 4.69) is 47.0 Å². The molecule has 1 aliphatic carbocycles. The number of aryl methyl sites for hydroxylation is 1. The van der Waals surface area contributed by atoms with Crippen molar-refractivity contribution >= 4 is 41.7 Å². The summed E-state index contributed by atoms with van der Waals surface area (Å²) in [5.41, 5.74) is 2.42. The lowest BCUT2D eigenvalue weighted by Gasteiger charge is -2.15. The van der Waals surface area contributed by atoms with Gasteiger partial charge in [0, 0.05) is 25.7 Å². The number of hydrogen-bond donors (Lipinski definition) is 2. The van der Waals surface area contributed by atoms with Gasteiger partial charge >= 0.3 is 0 Å². The first-order chi connectivity index (χ1) is 11.7. The molecule has 1 aromatic carbocycles. The van der Waals surface area contributed by atoms with E-state index in [9.17, 15) is 0 Å². The maximum absolute atomic E-state index is 6.03. The van der Waals surface area contributed by atoms with E-state index in [1.165, 1.54) is 42.6 Å². The third-order valence-electron chi connectivity index (χ3n) is 4.13. The van der Waals surface area contributed by atoms with Gasteiger partial charge in [-0.1, -0.05) is 12.1 Å². The average Bonchev–Trinajstić information content (AvgIpc) is 3.41. The predicted molar refractivity (Wildman–Crippen MR) is 121 cm³/mol. The molecule has 1 aromatic rings. The molecule has 0 heterocycles. The Hall–Kier alpha value is -0.630. The van der Waals surface area contributed by atoms with E-state index in [-0.39, 0.29) is 24.0 Å². The number of hydrogen-bond acceptors (Lipinski definition) is 3. The molecule has 0 amide bonds. The summed E-state index contributed by atoms with van der Waals surface area (Å²) >= 11 is 1.90. The average molecular weight is 477 g/mol. The number of benzene rings is 1. The van der Waals surface area contributed by atoms with Gasteiger partial charge in [-0.25, -0.2) is 0 Å². The summed E-state index contributed by atoms with van der Waals surface area (Å²) in [6.07, 6.45) is 7.18. The summed E-state index contributed by atoms with van der Waals surface area (Å²) in [7, 11) is 1.82. The molecule has 0 aromatic heterocycles. The molecule has 1 saturated carbocycles. The molecule has 4 nitrogen and oxygen atoms in total. The van der Waals surface area contributed by atoms with Crippen LogP contribution in [0.15, 0.2) is 23.2 Å². The normalized spacial score (nSPS) is 14.0. The first kappa shape index (κ1) is 22.4. The molecule has 0 radical (unpaired) electrons. The van der Waals surface area contributed by atoms with Crippen molar-refractivity contribution in [2.24, 2.45) is 10.9 Å². The molecule has 0 bridgehead atoms. The van der Waals surface area contributed by atoms with Gasteiger partial charge in [0.15, 0.2) is 5.96 Å². The van der Waals surface area contributed by atoms with Crippen LogP contribution in [0.4, 0.5) is 0 Å². The van der Waals surface area contributed by atoms with E-state index in [0.717, 1.165) is 37.3 Å². The lowest BCUT2D eigenvalue weighted by molar-refractivity contribution is 0.296. The zero-order valence-electron chi connectivity index (χ0n) is 15.6. The summed E-state index contributed by atoms with van der Waals surface area (Å²) in [5, 5.41) is 6.77. The molecule has 1 aliphatic rings. The molecular weight excluding hydrogens is 445 g/mol. The van der Waals surface area contributed by atoms with Crippen molar-refractivity contribution in [3.05, 3.63) is 29.3 Å². The molecule has 6 heteroatoms. The zero-order valence-corrected chi connectivity index (χ0v) is 18.8. The molecular formula is C19H32IN3OS. The van der Waals surface area contributed by atoms with Crippen molar-refractivity contribution in [2.75, 3.05) is 32.2 Å². The Labute approximate surface area is 174 Å². The number of halogens is 1. The van der Waals surface area contributed by atoms with Crippen LogP contribution in [0.2, 0.25) is 0 Å². The lowest BCUT2D eigenvalue weighted by Crippen LogP contribution is -2.37. The largest absolute Gasteiger partial charge is 0.493 e. The molecule has 25 heavy (non-hydrogen) atoms. The second-order valence-corrected chi connectivity index (χ2v) is 7.40. The molecule has 0 unspecified atom stereocenters. The Balaban J connectivity index is 0.00000312. The number of rotatable bonds is 10. The maximum atomic E-state index is 6.03. The number of unbranched alkanes of at least 4 members (excludes halogenated alkanes) is 1. The van der Waals surface area contributed by atoms with Crippen molar-refractivity contribution in [3.63, 3.8) is 0 Å². The Bertz CT molecular complexity index is 535. The Kier molecular flexibility index (Phi) is 11.4. The summed E-state index contributed by atoms with van der Waals surface area (Å²) in [5.74, 6) is 3.85. The Morgan fingerprint density at radius 2 is 2.08 bits per heavy atom. The van der Waals surface area contributed by atoms with Gasteiger partial charge in [-0.15, -0.1) is 24.0 Å². The van der Waals surface area contributed by atoms with Crippen molar-refractivity contribution in [1.82, 2.24) is 10.6 Å². The topological polar surface area (TPSA) is 45.7 Å². The molecule has 2 rings (SSSR count). The number of guanidine groups is 1. The molecule has 0 spiro atoms. The minimum absolute atomic E-state index is 0. The minimum atomic E-state index is 0. The third-order valence-corrected chi connectivity index (χ3v) is 4.83. The number of ether oxygens (including phenoxy) is 1.